The first-order chi connectivity index (χ1) is 28.3. The lowest BCUT2D eigenvalue weighted by Crippen LogP contribution is -1.96. The molecule has 0 unspecified atom stereocenters. The van der Waals surface area contributed by atoms with Gasteiger partial charge in [0.25, 0.3) is 0 Å². The van der Waals surface area contributed by atoms with Crippen molar-refractivity contribution in [3.05, 3.63) is 182 Å². The number of para-hydroxylation sites is 2. The van der Waals surface area contributed by atoms with Gasteiger partial charge in [-0.3, -0.25) is 4.98 Å². The van der Waals surface area contributed by atoms with Crippen molar-refractivity contribution in [1.29, 1.82) is 0 Å². The standard InChI is InChI=1S/C52H30N4S/c1-3-17-37-34(14-1)35-15-2-4-18-38(35)52-51(37)53-30-42(54-52)31-12-11-13-32(28-31)55-43-21-8-5-19-39(43)49-45(55)25-26-46-50(49)40-20-6-9-22-44(40)56(46)33-24-27-48-41(29-33)36-16-7-10-23-47(36)57-48/h1-30H. The van der Waals surface area contributed by atoms with E-state index in [-0.39, 0.29) is 0 Å². The van der Waals surface area contributed by atoms with Crippen LogP contribution in [-0.4, -0.2) is 19.1 Å². The molecule has 5 heteroatoms. The maximum Gasteiger partial charge on any atom is 0.0979 e. The second kappa shape index (κ2) is 11.6. The Balaban J connectivity index is 1.04. The van der Waals surface area contributed by atoms with Gasteiger partial charge in [0, 0.05) is 69.4 Å². The molecule has 4 aromatic heterocycles. The predicted octanol–water partition coefficient (Wildman–Crippen LogP) is 14.2. The van der Waals surface area contributed by atoms with E-state index in [1.54, 1.807) is 0 Å². The van der Waals surface area contributed by atoms with Gasteiger partial charge in [-0.05, 0) is 71.4 Å². The normalized spacial score (nSPS) is 12.2. The van der Waals surface area contributed by atoms with E-state index in [4.69, 9.17) is 9.97 Å². The van der Waals surface area contributed by atoms with E-state index in [2.05, 4.69) is 185 Å². The number of nitrogens with zero attached hydrogens (tertiary/aromatic N) is 4. The lowest BCUT2D eigenvalue weighted by molar-refractivity contribution is 1.17. The third kappa shape index (κ3) is 4.32. The zero-order chi connectivity index (χ0) is 37.2. The van der Waals surface area contributed by atoms with E-state index < -0.39 is 0 Å². The van der Waals surface area contributed by atoms with Crippen molar-refractivity contribution >= 4 is 108 Å². The first-order valence-corrected chi connectivity index (χ1v) is 20.1. The van der Waals surface area contributed by atoms with Crippen molar-refractivity contribution in [1.82, 2.24) is 19.1 Å². The van der Waals surface area contributed by atoms with Crippen molar-refractivity contribution < 1.29 is 0 Å². The smallest absolute Gasteiger partial charge is 0.0979 e. The molecule has 0 amide bonds. The number of rotatable bonds is 3. The van der Waals surface area contributed by atoms with Crippen molar-refractivity contribution in [2.45, 2.75) is 0 Å². The minimum Gasteiger partial charge on any atom is -0.309 e. The Kier molecular flexibility index (Phi) is 6.29. The SMILES string of the molecule is c1cc(-c2cnc3c4ccccc4c4ccccc4c3n2)cc(-n2c3ccccc3c3c4c5ccccc5n(-c5ccc6sc7ccccc7c6c5)c4ccc32)c1. The molecule has 0 saturated carbocycles. The lowest BCUT2D eigenvalue weighted by Gasteiger charge is -2.12. The van der Waals surface area contributed by atoms with Crippen LogP contribution in [-0.2, 0) is 0 Å². The van der Waals surface area contributed by atoms with Gasteiger partial charge in [0.15, 0.2) is 0 Å². The summed E-state index contributed by atoms with van der Waals surface area (Å²) in [5.41, 5.74) is 10.7. The molecule has 0 atom stereocenters. The quantitative estimate of drug-likeness (QED) is 0.169. The van der Waals surface area contributed by atoms with E-state index in [1.165, 1.54) is 80.2 Å². The van der Waals surface area contributed by atoms with E-state index in [0.29, 0.717) is 0 Å². The molecule has 0 spiro atoms. The van der Waals surface area contributed by atoms with Crippen molar-refractivity contribution in [3.8, 4) is 22.6 Å². The van der Waals surface area contributed by atoms with E-state index in [1.807, 2.05) is 17.5 Å². The van der Waals surface area contributed by atoms with Gasteiger partial charge in [-0.1, -0.05) is 115 Å². The van der Waals surface area contributed by atoms with Crippen LogP contribution in [0.1, 0.15) is 0 Å². The van der Waals surface area contributed by atoms with Crippen LogP contribution >= 0.6 is 11.3 Å². The van der Waals surface area contributed by atoms with Crippen LogP contribution in [0.5, 0.6) is 0 Å². The van der Waals surface area contributed by atoms with Crippen molar-refractivity contribution in [2.24, 2.45) is 0 Å². The summed E-state index contributed by atoms with van der Waals surface area (Å²) in [5, 5.41) is 12.2. The first kappa shape index (κ1) is 30.9. The molecule has 4 heterocycles. The zero-order valence-electron chi connectivity index (χ0n) is 30.5. The minimum absolute atomic E-state index is 0.853. The monoisotopic (exact) mass is 742 g/mol. The molecule has 0 N–H and O–H groups in total. The Bertz CT molecular complexity index is 3790. The average molecular weight is 743 g/mol. The third-order valence-electron chi connectivity index (χ3n) is 11.9. The van der Waals surface area contributed by atoms with Gasteiger partial charge in [0.1, 0.15) is 0 Å². The predicted molar refractivity (Wildman–Crippen MR) is 242 cm³/mol. The molecule has 0 fully saturated rings. The molecule has 0 aliphatic rings. The van der Waals surface area contributed by atoms with Gasteiger partial charge in [0.05, 0.1) is 45.0 Å². The molecular weight excluding hydrogens is 713 g/mol. The molecule has 57 heavy (non-hydrogen) atoms. The largest absolute Gasteiger partial charge is 0.309 e. The summed E-state index contributed by atoms with van der Waals surface area (Å²) in [7, 11) is 0. The molecule has 4 nitrogen and oxygen atoms in total. The van der Waals surface area contributed by atoms with Gasteiger partial charge in [0.2, 0.25) is 0 Å². The number of hydrogen-bond acceptors (Lipinski definition) is 3. The summed E-state index contributed by atoms with van der Waals surface area (Å²) < 4.78 is 7.50. The Morgan fingerprint density at radius 2 is 0.912 bits per heavy atom. The van der Waals surface area contributed by atoms with Gasteiger partial charge >= 0.3 is 0 Å². The number of benzene rings is 9. The maximum atomic E-state index is 5.34. The van der Waals surface area contributed by atoms with Crippen LogP contribution in [0.2, 0.25) is 0 Å². The summed E-state index contributed by atoms with van der Waals surface area (Å²) in [6.45, 7) is 0. The van der Waals surface area contributed by atoms with Crippen LogP contribution in [0.3, 0.4) is 0 Å². The fraction of sp³-hybridized carbons (Fsp3) is 0. The van der Waals surface area contributed by atoms with E-state index >= 15 is 0 Å². The van der Waals surface area contributed by atoms with Crippen molar-refractivity contribution in [2.75, 3.05) is 0 Å². The number of thiophene rings is 1. The van der Waals surface area contributed by atoms with Crippen LogP contribution < -0.4 is 0 Å². The van der Waals surface area contributed by atoms with Gasteiger partial charge in [-0.25, -0.2) is 4.98 Å². The minimum atomic E-state index is 0.853. The summed E-state index contributed by atoms with van der Waals surface area (Å²) in [5.74, 6) is 0. The van der Waals surface area contributed by atoms with Gasteiger partial charge in [-0.2, -0.15) is 0 Å². The molecular formula is C52H30N4S. The van der Waals surface area contributed by atoms with E-state index in [0.717, 1.165) is 38.8 Å². The molecule has 0 aliphatic carbocycles. The highest BCUT2D eigenvalue weighted by Crippen LogP contribution is 2.44. The fourth-order valence-electron chi connectivity index (χ4n) is 9.49. The highest BCUT2D eigenvalue weighted by molar-refractivity contribution is 7.25. The second-order valence-electron chi connectivity index (χ2n) is 14.9. The van der Waals surface area contributed by atoms with Crippen LogP contribution in [0.15, 0.2) is 182 Å². The van der Waals surface area contributed by atoms with Crippen LogP contribution in [0.25, 0.3) is 119 Å². The number of aromatic nitrogens is 4. The second-order valence-corrected chi connectivity index (χ2v) is 16.0. The van der Waals surface area contributed by atoms with Crippen molar-refractivity contribution in [3.63, 3.8) is 0 Å². The molecule has 0 aliphatic heterocycles. The topological polar surface area (TPSA) is 35.6 Å². The summed E-state index contributed by atoms with van der Waals surface area (Å²) in [4.78, 5) is 10.4. The average Bonchev–Trinajstić information content (AvgIpc) is 3.94. The molecule has 9 aromatic carbocycles. The summed E-state index contributed by atoms with van der Waals surface area (Å²) in [6.07, 6.45) is 1.93. The summed E-state index contributed by atoms with van der Waals surface area (Å²) in [6, 6.07) is 63.8. The molecule has 0 saturated heterocycles. The highest BCUT2D eigenvalue weighted by atomic mass is 32.1. The Morgan fingerprint density at radius 1 is 0.368 bits per heavy atom. The summed E-state index contributed by atoms with van der Waals surface area (Å²) >= 11 is 1.86. The molecule has 13 aromatic rings. The number of hydrogen-bond donors (Lipinski definition) is 0. The fourth-order valence-corrected chi connectivity index (χ4v) is 10.6. The van der Waals surface area contributed by atoms with E-state index in [9.17, 15) is 0 Å². The highest BCUT2D eigenvalue weighted by Gasteiger charge is 2.21. The Labute approximate surface area is 330 Å². The zero-order valence-corrected chi connectivity index (χ0v) is 31.3. The Morgan fingerprint density at radius 3 is 1.60 bits per heavy atom. The van der Waals surface area contributed by atoms with Crippen LogP contribution in [0, 0.1) is 0 Å². The molecule has 0 radical (unpaired) electrons. The third-order valence-corrected chi connectivity index (χ3v) is 13.1. The Hall–Kier alpha value is -7.34. The van der Waals surface area contributed by atoms with Gasteiger partial charge < -0.3 is 9.13 Å². The first-order valence-electron chi connectivity index (χ1n) is 19.3. The maximum absolute atomic E-state index is 5.34. The molecule has 264 valence electrons. The van der Waals surface area contributed by atoms with Crippen LogP contribution in [0.4, 0.5) is 0 Å². The molecule has 0 bridgehead atoms. The number of fused-ring (bicyclic) bond motifs is 16. The van der Waals surface area contributed by atoms with Gasteiger partial charge in [-0.15, -0.1) is 11.3 Å². The molecule has 13 rings (SSSR count). The lowest BCUT2D eigenvalue weighted by atomic mass is 9.99.